The van der Waals surface area contributed by atoms with Crippen LogP contribution >= 0.6 is 0 Å². The van der Waals surface area contributed by atoms with Crippen LogP contribution in [0.5, 0.6) is 0 Å². The summed E-state index contributed by atoms with van der Waals surface area (Å²) in [6.07, 6.45) is 1.92. The number of likely N-dealkylation sites (tertiary alicyclic amines) is 1. The molecular weight excluding hydrogens is 250 g/mol. The minimum atomic E-state index is -0.836. The van der Waals surface area contributed by atoms with E-state index in [-0.39, 0.29) is 17.3 Å². The Morgan fingerprint density at radius 1 is 1.37 bits per heavy atom. The number of halogens is 2. The van der Waals surface area contributed by atoms with Gasteiger partial charge in [0, 0.05) is 12.6 Å². The highest BCUT2D eigenvalue weighted by molar-refractivity contribution is 5.95. The van der Waals surface area contributed by atoms with Gasteiger partial charge in [-0.05, 0) is 37.8 Å². The van der Waals surface area contributed by atoms with Crippen molar-refractivity contribution < 1.29 is 13.6 Å². The summed E-state index contributed by atoms with van der Waals surface area (Å²) in [5.41, 5.74) is 4.75. The lowest BCUT2D eigenvalue weighted by atomic mass is 9.91. The molecule has 104 valence electrons. The first-order chi connectivity index (χ1) is 8.91. The van der Waals surface area contributed by atoms with Gasteiger partial charge < -0.3 is 10.6 Å². The number of anilines is 1. The number of amides is 1. The third kappa shape index (κ3) is 2.55. The first kappa shape index (κ1) is 13.8. The molecule has 1 saturated heterocycles. The topological polar surface area (TPSA) is 46.3 Å². The van der Waals surface area contributed by atoms with E-state index in [0.29, 0.717) is 12.5 Å². The molecule has 0 aliphatic carbocycles. The summed E-state index contributed by atoms with van der Waals surface area (Å²) in [6, 6.07) is 1.82. The second-order valence-electron chi connectivity index (χ2n) is 5.22. The SMILES string of the molecule is CC1CCCN(C(=O)c2cc(F)cc(N)c2F)C1C. The summed E-state index contributed by atoms with van der Waals surface area (Å²) < 4.78 is 27.2. The molecule has 2 atom stereocenters. The quantitative estimate of drug-likeness (QED) is 0.796. The average molecular weight is 268 g/mol. The van der Waals surface area contributed by atoms with Gasteiger partial charge in [0.1, 0.15) is 5.82 Å². The Hall–Kier alpha value is -1.65. The van der Waals surface area contributed by atoms with Crippen molar-refractivity contribution in [3.8, 4) is 0 Å². The van der Waals surface area contributed by atoms with Gasteiger partial charge in [-0.2, -0.15) is 0 Å². The highest BCUT2D eigenvalue weighted by Crippen LogP contribution is 2.26. The molecule has 2 N–H and O–H groups in total. The average Bonchev–Trinajstić information content (AvgIpc) is 2.36. The van der Waals surface area contributed by atoms with E-state index in [2.05, 4.69) is 6.92 Å². The second-order valence-corrected chi connectivity index (χ2v) is 5.22. The van der Waals surface area contributed by atoms with Gasteiger partial charge in [0.25, 0.3) is 5.91 Å². The molecule has 1 heterocycles. The van der Waals surface area contributed by atoms with Crippen LogP contribution in [0.15, 0.2) is 12.1 Å². The fourth-order valence-electron chi connectivity index (χ4n) is 2.54. The molecular formula is C14H18F2N2O. The summed E-state index contributed by atoms with van der Waals surface area (Å²) in [5, 5.41) is 0. The van der Waals surface area contributed by atoms with E-state index in [1.54, 1.807) is 4.90 Å². The minimum absolute atomic E-state index is 0.0186. The highest BCUT2D eigenvalue weighted by atomic mass is 19.1. The maximum atomic E-state index is 13.9. The predicted octanol–water partition coefficient (Wildman–Crippen LogP) is 2.81. The first-order valence-electron chi connectivity index (χ1n) is 6.47. The van der Waals surface area contributed by atoms with E-state index in [9.17, 15) is 13.6 Å². The molecule has 0 saturated carbocycles. The normalized spacial score (nSPS) is 23.5. The summed E-state index contributed by atoms with van der Waals surface area (Å²) >= 11 is 0. The van der Waals surface area contributed by atoms with Gasteiger partial charge in [0.15, 0.2) is 5.82 Å². The number of benzene rings is 1. The molecule has 2 unspecified atom stereocenters. The van der Waals surface area contributed by atoms with Crippen molar-refractivity contribution in [2.75, 3.05) is 12.3 Å². The maximum Gasteiger partial charge on any atom is 0.257 e. The Balaban J connectivity index is 2.34. The lowest BCUT2D eigenvalue weighted by Crippen LogP contribution is -2.46. The fraction of sp³-hybridized carbons (Fsp3) is 0.500. The molecule has 3 nitrogen and oxygen atoms in total. The fourth-order valence-corrected chi connectivity index (χ4v) is 2.54. The van der Waals surface area contributed by atoms with Crippen LogP contribution in [0.1, 0.15) is 37.0 Å². The zero-order valence-corrected chi connectivity index (χ0v) is 11.1. The number of nitrogen functional groups attached to an aromatic ring is 1. The first-order valence-corrected chi connectivity index (χ1v) is 6.47. The van der Waals surface area contributed by atoms with Gasteiger partial charge in [-0.3, -0.25) is 4.79 Å². The maximum absolute atomic E-state index is 13.9. The molecule has 1 aliphatic rings. The number of nitrogens with two attached hydrogens (primary N) is 1. The number of piperidine rings is 1. The summed E-state index contributed by atoms with van der Waals surface area (Å²) in [4.78, 5) is 13.9. The standard InChI is InChI=1S/C14H18F2N2O/c1-8-4-3-5-18(9(8)2)14(19)11-6-10(15)7-12(17)13(11)16/h6-9H,3-5,17H2,1-2H3. The van der Waals surface area contributed by atoms with E-state index in [1.165, 1.54) is 0 Å². The summed E-state index contributed by atoms with van der Waals surface area (Å²) in [5.74, 6) is -1.66. The number of carbonyl (C=O) groups excluding carboxylic acids is 1. The van der Waals surface area contributed by atoms with Gasteiger partial charge in [0.2, 0.25) is 0 Å². The van der Waals surface area contributed by atoms with Crippen LogP contribution in [0.25, 0.3) is 0 Å². The van der Waals surface area contributed by atoms with Crippen LogP contribution in [0.4, 0.5) is 14.5 Å². The Kier molecular flexibility index (Phi) is 3.73. The number of carbonyl (C=O) groups is 1. The van der Waals surface area contributed by atoms with Gasteiger partial charge in [-0.15, -0.1) is 0 Å². The molecule has 1 aromatic carbocycles. The molecule has 1 amide bonds. The number of hydrogen-bond acceptors (Lipinski definition) is 2. The Labute approximate surface area is 111 Å². The zero-order valence-electron chi connectivity index (χ0n) is 11.1. The molecule has 1 aromatic rings. The van der Waals surface area contributed by atoms with Crippen molar-refractivity contribution in [2.24, 2.45) is 5.92 Å². The lowest BCUT2D eigenvalue weighted by Gasteiger charge is -2.38. The van der Waals surface area contributed by atoms with Crippen molar-refractivity contribution >= 4 is 11.6 Å². The second kappa shape index (κ2) is 5.15. The molecule has 5 heteroatoms. The zero-order chi connectivity index (χ0) is 14.2. The van der Waals surface area contributed by atoms with Crippen LogP contribution in [-0.2, 0) is 0 Å². The van der Waals surface area contributed by atoms with Crippen LogP contribution in [-0.4, -0.2) is 23.4 Å². The van der Waals surface area contributed by atoms with Gasteiger partial charge in [0.05, 0.1) is 11.3 Å². The molecule has 19 heavy (non-hydrogen) atoms. The van der Waals surface area contributed by atoms with Crippen LogP contribution in [0, 0.1) is 17.6 Å². The molecule has 0 bridgehead atoms. The van der Waals surface area contributed by atoms with E-state index in [4.69, 9.17) is 5.73 Å². The minimum Gasteiger partial charge on any atom is -0.396 e. The summed E-state index contributed by atoms with van der Waals surface area (Å²) in [6.45, 7) is 4.56. The Morgan fingerprint density at radius 2 is 2.05 bits per heavy atom. The van der Waals surface area contributed by atoms with E-state index in [1.807, 2.05) is 6.92 Å². The largest absolute Gasteiger partial charge is 0.396 e. The van der Waals surface area contributed by atoms with E-state index >= 15 is 0 Å². The van der Waals surface area contributed by atoms with Crippen LogP contribution in [0.3, 0.4) is 0 Å². The molecule has 1 fully saturated rings. The highest BCUT2D eigenvalue weighted by Gasteiger charge is 2.30. The van der Waals surface area contributed by atoms with Gasteiger partial charge in [-0.1, -0.05) is 6.92 Å². The molecule has 0 spiro atoms. The third-order valence-corrected chi connectivity index (χ3v) is 3.93. The number of hydrogen-bond donors (Lipinski definition) is 1. The third-order valence-electron chi connectivity index (χ3n) is 3.93. The van der Waals surface area contributed by atoms with E-state index < -0.39 is 17.5 Å². The monoisotopic (exact) mass is 268 g/mol. The molecule has 2 rings (SSSR count). The van der Waals surface area contributed by atoms with Gasteiger partial charge >= 0.3 is 0 Å². The molecule has 1 aliphatic heterocycles. The van der Waals surface area contributed by atoms with E-state index in [0.717, 1.165) is 25.0 Å². The number of nitrogens with zero attached hydrogens (tertiary/aromatic N) is 1. The van der Waals surface area contributed by atoms with Crippen molar-refractivity contribution in [1.82, 2.24) is 4.90 Å². The molecule has 0 aromatic heterocycles. The Morgan fingerprint density at radius 3 is 2.74 bits per heavy atom. The van der Waals surface area contributed by atoms with Crippen LogP contribution < -0.4 is 5.73 Å². The lowest BCUT2D eigenvalue weighted by molar-refractivity contribution is 0.0546. The van der Waals surface area contributed by atoms with Gasteiger partial charge in [-0.25, -0.2) is 8.78 Å². The van der Waals surface area contributed by atoms with Crippen molar-refractivity contribution in [1.29, 1.82) is 0 Å². The van der Waals surface area contributed by atoms with Crippen LogP contribution in [0.2, 0.25) is 0 Å². The summed E-state index contributed by atoms with van der Waals surface area (Å²) in [7, 11) is 0. The van der Waals surface area contributed by atoms with Crippen molar-refractivity contribution in [2.45, 2.75) is 32.7 Å². The Bertz CT molecular complexity index is 504. The smallest absolute Gasteiger partial charge is 0.257 e. The molecule has 0 radical (unpaired) electrons. The van der Waals surface area contributed by atoms with Crippen molar-refractivity contribution in [3.05, 3.63) is 29.3 Å². The number of rotatable bonds is 1. The van der Waals surface area contributed by atoms with Crippen molar-refractivity contribution in [3.63, 3.8) is 0 Å². The predicted molar refractivity (Wildman–Crippen MR) is 69.7 cm³/mol.